The molecule has 0 spiro atoms. The van der Waals surface area contributed by atoms with Crippen molar-refractivity contribution in [2.24, 2.45) is 5.92 Å². The van der Waals surface area contributed by atoms with Crippen LogP contribution in [0.1, 0.15) is 37.7 Å². The van der Waals surface area contributed by atoms with Crippen molar-refractivity contribution in [3.05, 3.63) is 48.3 Å². The Bertz CT molecular complexity index is 783. The van der Waals surface area contributed by atoms with E-state index in [-0.39, 0.29) is 23.8 Å². The van der Waals surface area contributed by atoms with Gasteiger partial charge in [0.2, 0.25) is 11.8 Å². The van der Waals surface area contributed by atoms with Crippen LogP contribution >= 0.6 is 0 Å². The number of carbonyl (C=O) groups excluding carboxylic acids is 2. The molecule has 1 saturated carbocycles. The largest absolute Gasteiger partial charge is 0.497 e. The molecule has 1 aromatic heterocycles. The summed E-state index contributed by atoms with van der Waals surface area (Å²) in [5.41, 5.74) is 1.09. The number of hydrogen-bond acceptors (Lipinski definition) is 4. The second-order valence-electron chi connectivity index (χ2n) is 7.53. The summed E-state index contributed by atoms with van der Waals surface area (Å²) in [6.45, 7) is 1.26. The highest BCUT2D eigenvalue weighted by molar-refractivity contribution is 5.79. The Morgan fingerprint density at radius 1 is 1.21 bits per heavy atom. The number of nitrogens with one attached hydrogen (secondary N) is 2. The van der Waals surface area contributed by atoms with Crippen LogP contribution in [0.15, 0.2) is 42.7 Å². The molecule has 156 valence electrons. The zero-order valence-corrected chi connectivity index (χ0v) is 17.0. The highest BCUT2D eigenvalue weighted by atomic mass is 16.5. The lowest BCUT2D eigenvalue weighted by molar-refractivity contribution is -0.126. The fourth-order valence-corrected chi connectivity index (χ4v) is 3.76. The zero-order valence-electron chi connectivity index (χ0n) is 17.0. The summed E-state index contributed by atoms with van der Waals surface area (Å²) in [6.07, 6.45) is 8.09. The Hall–Kier alpha value is -2.83. The predicted octanol–water partition coefficient (Wildman–Crippen LogP) is 2.32. The molecule has 7 heteroatoms. The number of benzene rings is 1. The minimum atomic E-state index is 0.0394. The van der Waals surface area contributed by atoms with Crippen LogP contribution in [0.25, 0.3) is 0 Å². The number of methoxy groups -OCH3 is 1. The van der Waals surface area contributed by atoms with Crippen LogP contribution in [0.2, 0.25) is 0 Å². The van der Waals surface area contributed by atoms with Crippen molar-refractivity contribution in [3.8, 4) is 5.75 Å². The molecule has 0 aliphatic heterocycles. The van der Waals surface area contributed by atoms with E-state index in [1.165, 1.54) is 0 Å². The topological polar surface area (TPSA) is 85.2 Å². The molecule has 1 heterocycles. The molecule has 0 bridgehead atoms. The standard InChI is InChI=1S/C22H30N4O3/c1-29-20-5-2-4-17(16-20)6-11-21(27)25-19-9-7-18(8-10-19)22(28)23-13-15-26-14-3-12-24-26/h2-5,12,14,16,18-19H,6-11,13,15H2,1H3,(H,23,28)(H,25,27). The molecule has 0 radical (unpaired) electrons. The molecule has 1 aromatic carbocycles. The van der Waals surface area contributed by atoms with Crippen LogP contribution in [0, 0.1) is 5.92 Å². The molecule has 2 aromatic rings. The molecular weight excluding hydrogens is 368 g/mol. The normalized spacial score (nSPS) is 18.8. The van der Waals surface area contributed by atoms with Crippen molar-refractivity contribution in [1.29, 1.82) is 0 Å². The molecule has 29 heavy (non-hydrogen) atoms. The molecule has 1 aliphatic carbocycles. The van der Waals surface area contributed by atoms with E-state index in [1.54, 1.807) is 18.0 Å². The van der Waals surface area contributed by atoms with Crippen LogP contribution in [0.4, 0.5) is 0 Å². The molecule has 1 aliphatic rings. The second kappa shape index (κ2) is 10.6. The Balaban J connectivity index is 1.32. The Morgan fingerprint density at radius 2 is 2.03 bits per heavy atom. The first-order valence-corrected chi connectivity index (χ1v) is 10.3. The van der Waals surface area contributed by atoms with Crippen molar-refractivity contribution in [2.45, 2.75) is 51.1 Å². The summed E-state index contributed by atoms with van der Waals surface area (Å²) < 4.78 is 7.02. The van der Waals surface area contributed by atoms with Crippen molar-refractivity contribution in [1.82, 2.24) is 20.4 Å². The first kappa shape index (κ1) is 20.9. The number of hydrogen-bond donors (Lipinski definition) is 2. The summed E-state index contributed by atoms with van der Waals surface area (Å²) >= 11 is 0. The van der Waals surface area contributed by atoms with Crippen molar-refractivity contribution in [3.63, 3.8) is 0 Å². The van der Waals surface area contributed by atoms with Crippen LogP contribution in [-0.4, -0.2) is 41.3 Å². The summed E-state index contributed by atoms with van der Waals surface area (Å²) in [6, 6.07) is 9.84. The zero-order chi connectivity index (χ0) is 20.5. The van der Waals surface area contributed by atoms with Gasteiger partial charge in [0.05, 0.1) is 13.7 Å². The van der Waals surface area contributed by atoms with Gasteiger partial charge in [-0.15, -0.1) is 0 Å². The summed E-state index contributed by atoms with van der Waals surface area (Å²) in [7, 11) is 1.64. The number of carbonyl (C=O) groups is 2. The maximum Gasteiger partial charge on any atom is 0.223 e. The summed E-state index contributed by atoms with van der Waals surface area (Å²) in [5, 5.41) is 10.2. The van der Waals surface area contributed by atoms with E-state index in [9.17, 15) is 9.59 Å². The molecule has 0 atom stereocenters. The van der Waals surface area contributed by atoms with Gasteiger partial charge in [0.15, 0.2) is 0 Å². The average molecular weight is 399 g/mol. The van der Waals surface area contributed by atoms with E-state index in [2.05, 4.69) is 15.7 Å². The van der Waals surface area contributed by atoms with Gasteiger partial charge >= 0.3 is 0 Å². The number of rotatable bonds is 9. The monoisotopic (exact) mass is 398 g/mol. The predicted molar refractivity (Wildman–Crippen MR) is 110 cm³/mol. The molecule has 3 rings (SSSR count). The number of aryl methyl sites for hydroxylation is 1. The van der Waals surface area contributed by atoms with Gasteiger partial charge in [0, 0.05) is 37.3 Å². The number of amides is 2. The lowest BCUT2D eigenvalue weighted by atomic mass is 9.85. The second-order valence-corrected chi connectivity index (χ2v) is 7.53. The minimum absolute atomic E-state index is 0.0394. The van der Waals surface area contributed by atoms with Crippen LogP contribution in [0.3, 0.4) is 0 Å². The highest BCUT2D eigenvalue weighted by Crippen LogP contribution is 2.24. The van der Waals surface area contributed by atoms with Crippen molar-refractivity contribution >= 4 is 11.8 Å². The number of nitrogens with zero attached hydrogens (tertiary/aromatic N) is 2. The average Bonchev–Trinajstić information content (AvgIpc) is 3.26. The van der Waals surface area contributed by atoms with E-state index in [1.807, 2.05) is 36.5 Å². The number of aromatic nitrogens is 2. The fourth-order valence-electron chi connectivity index (χ4n) is 3.76. The van der Waals surface area contributed by atoms with Crippen molar-refractivity contribution in [2.75, 3.05) is 13.7 Å². The third-order valence-electron chi connectivity index (χ3n) is 5.44. The van der Waals surface area contributed by atoms with E-state index in [0.717, 1.165) is 37.0 Å². The highest BCUT2D eigenvalue weighted by Gasteiger charge is 2.26. The van der Waals surface area contributed by atoms with Gasteiger partial charge in [-0.25, -0.2) is 0 Å². The van der Waals surface area contributed by atoms with Crippen LogP contribution in [0.5, 0.6) is 5.75 Å². The van der Waals surface area contributed by atoms with E-state index >= 15 is 0 Å². The lowest BCUT2D eigenvalue weighted by Crippen LogP contribution is -2.41. The smallest absolute Gasteiger partial charge is 0.223 e. The van der Waals surface area contributed by atoms with Gasteiger partial charge in [-0.1, -0.05) is 12.1 Å². The van der Waals surface area contributed by atoms with Gasteiger partial charge in [-0.2, -0.15) is 5.10 Å². The van der Waals surface area contributed by atoms with E-state index in [4.69, 9.17) is 4.74 Å². The molecule has 0 unspecified atom stereocenters. The van der Waals surface area contributed by atoms with Crippen LogP contribution in [-0.2, 0) is 22.6 Å². The van der Waals surface area contributed by atoms with Gasteiger partial charge in [0.25, 0.3) is 0 Å². The Labute approximate surface area is 171 Å². The van der Waals surface area contributed by atoms with E-state index in [0.29, 0.717) is 25.9 Å². The molecule has 0 saturated heterocycles. The SMILES string of the molecule is COc1cccc(CCC(=O)NC2CCC(C(=O)NCCn3cccn3)CC2)c1. The molecule has 7 nitrogen and oxygen atoms in total. The number of ether oxygens (including phenoxy) is 1. The lowest BCUT2D eigenvalue weighted by Gasteiger charge is -2.28. The van der Waals surface area contributed by atoms with E-state index < -0.39 is 0 Å². The minimum Gasteiger partial charge on any atom is -0.497 e. The fraction of sp³-hybridized carbons (Fsp3) is 0.500. The molecule has 1 fully saturated rings. The Kier molecular flexibility index (Phi) is 7.67. The van der Waals surface area contributed by atoms with Gasteiger partial charge in [-0.3, -0.25) is 14.3 Å². The van der Waals surface area contributed by atoms with Gasteiger partial charge < -0.3 is 15.4 Å². The van der Waals surface area contributed by atoms with Crippen LogP contribution < -0.4 is 15.4 Å². The van der Waals surface area contributed by atoms with Gasteiger partial charge in [0.1, 0.15) is 5.75 Å². The maximum absolute atomic E-state index is 12.3. The molecule has 2 amide bonds. The third-order valence-corrected chi connectivity index (χ3v) is 5.44. The third kappa shape index (κ3) is 6.62. The quantitative estimate of drug-likeness (QED) is 0.679. The summed E-state index contributed by atoms with van der Waals surface area (Å²) in [4.78, 5) is 24.6. The maximum atomic E-state index is 12.3. The Morgan fingerprint density at radius 3 is 2.76 bits per heavy atom. The first-order valence-electron chi connectivity index (χ1n) is 10.3. The van der Waals surface area contributed by atoms with Crippen molar-refractivity contribution < 1.29 is 14.3 Å². The molecular formula is C22H30N4O3. The van der Waals surface area contributed by atoms with Gasteiger partial charge in [-0.05, 0) is 55.9 Å². The molecule has 2 N–H and O–H groups in total. The summed E-state index contributed by atoms with van der Waals surface area (Å²) in [5.74, 6) is 1.03. The first-order chi connectivity index (χ1) is 14.1.